The number of rotatable bonds is 3. The highest BCUT2D eigenvalue weighted by atomic mass is 35.5. The number of para-hydroxylation sites is 1. The molecule has 0 saturated heterocycles. The van der Waals surface area contributed by atoms with Gasteiger partial charge in [-0.1, -0.05) is 41.9 Å². The van der Waals surface area contributed by atoms with Gasteiger partial charge in [-0.15, -0.1) is 0 Å². The summed E-state index contributed by atoms with van der Waals surface area (Å²) in [4.78, 5) is 11.9. The van der Waals surface area contributed by atoms with Gasteiger partial charge >= 0.3 is 0 Å². The Morgan fingerprint density at radius 3 is 2.59 bits per heavy atom. The Morgan fingerprint density at radius 1 is 1.04 bits per heavy atom. The normalized spacial score (nSPS) is 16.1. The molecular formula is C22H23ClN4. The van der Waals surface area contributed by atoms with Crippen LogP contribution >= 0.6 is 11.6 Å². The molecule has 0 radical (unpaired) electrons. The summed E-state index contributed by atoms with van der Waals surface area (Å²) in [7, 11) is 0. The van der Waals surface area contributed by atoms with Crippen molar-refractivity contribution in [2.24, 2.45) is 0 Å². The lowest BCUT2D eigenvalue weighted by Gasteiger charge is -2.37. The van der Waals surface area contributed by atoms with E-state index in [1.165, 1.54) is 11.1 Å². The minimum Gasteiger partial charge on any atom is -0.349 e. The highest BCUT2D eigenvalue weighted by Crippen LogP contribution is 2.37. The van der Waals surface area contributed by atoms with Crippen molar-refractivity contribution in [1.29, 1.82) is 0 Å². The molecule has 2 heterocycles. The van der Waals surface area contributed by atoms with Crippen molar-refractivity contribution < 1.29 is 0 Å². The zero-order valence-corrected chi connectivity index (χ0v) is 16.6. The van der Waals surface area contributed by atoms with E-state index in [2.05, 4.69) is 35.1 Å². The summed E-state index contributed by atoms with van der Waals surface area (Å²) >= 11 is 6.42. The molecule has 1 N–H and O–H groups in total. The van der Waals surface area contributed by atoms with Crippen LogP contribution < -0.4 is 10.2 Å². The van der Waals surface area contributed by atoms with Gasteiger partial charge < -0.3 is 10.2 Å². The Morgan fingerprint density at radius 2 is 1.81 bits per heavy atom. The Balaban J connectivity index is 1.71. The number of nitrogens with zero attached hydrogens (tertiary/aromatic N) is 3. The van der Waals surface area contributed by atoms with Crippen LogP contribution in [0.5, 0.6) is 0 Å². The SMILES string of the molecule is Cc1nc(Nc2ccccc2)nc(N2CCc3c(Cl)cccc3C2C)c1C. The Hall–Kier alpha value is -2.59. The second kappa shape index (κ2) is 7.20. The molecule has 5 heteroatoms. The standard InChI is InChI=1S/C22H23ClN4/c1-14-15(2)24-22(25-17-8-5-4-6-9-17)26-21(14)27-13-12-19-18(16(27)3)10-7-11-20(19)23/h4-11,16H,12-13H2,1-3H3,(H,24,25,26). The van der Waals surface area contributed by atoms with Crippen LogP contribution in [-0.2, 0) is 6.42 Å². The topological polar surface area (TPSA) is 41.1 Å². The van der Waals surface area contributed by atoms with Crippen LogP contribution in [-0.4, -0.2) is 16.5 Å². The minimum atomic E-state index is 0.213. The quantitative estimate of drug-likeness (QED) is 0.642. The highest BCUT2D eigenvalue weighted by Gasteiger charge is 2.28. The molecule has 4 nitrogen and oxygen atoms in total. The zero-order chi connectivity index (χ0) is 19.0. The average Bonchev–Trinajstić information content (AvgIpc) is 2.67. The van der Waals surface area contributed by atoms with Gasteiger partial charge in [0, 0.05) is 28.5 Å². The van der Waals surface area contributed by atoms with Crippen LogP contribution in [0.2, 0.25) is 5.02 Å². The maximum atomic E-state index is 6.42. The van der Waals surface area contributed by atoms with E-state index >= 15 is 0 Å². The smallest absolute Gasteiger partial charge is 0.229 e. The van der Waals surface area contributed by atoms with E-state index in [0.29, 0.717) is 5.95 Å². The molecule has 0 bridgehead atoms. The van der Waals surface area contributed by atoms with Crippen LogP contribution in [0.3, 0.4) is 0 Å². The third-order valence-corrected chi connectivity index (χ3v) is 5.70. The minimum absolute atomic E-state index is 0.213. The maximum Gasteiger partial charge on any atom is 0.229 e. The first-order chi connectivity index (χ1) is 13.0. The number of fused-ring (bicyclic) bond motifs is 1. The maximum absolute atomic E-state index is 6.42. The molecule has 1 unspecified atom stereocenters. The second-order valence-corrected chi connectivity index (χ2v) is 7.41. The summed E-state index contributed by atoms with van der Waals surface area (Å²) < 4.78 is 0. The lowest BCUT2D eigenvalue weighted by molar-refractivity contribution is 0.614. The fourth-order valence-corrected chi connectivity index (χ4v) is 3.99. The highest BCUT2D eigenvalue weighted by molar-refractivity contribution is 6.31. The van der Waals surface area contributed by atoms with Gasteiger partial charge in [0.25, 0.3) is 0 Å². The van der Waals surface area contributed by atoms with E-state index in [9.17, 15) is 0 Å². The number of halogens is 1. The predicted octanol–water partition coefficient (Wildman–Crippen LogP) is 5.61. The molecule has 1 atom stereocenters. The van der Waals surface area contributed by atoms with E-state index in [-0.39, 0.29) is 6.04 Å². The average molecular weight is 379 g/mol. The molecular weight excluding hydrogens is 356 g/mol. The van der Waals surface area contributed by atoms with Crippen molar-refractivity contribution in [2.75, 3.05) is 16.8 Å². The number of aryl methyl sites for hydroxylation is 1. The lowest BCUT2D eigenvalue weighted by Crippen LogP contribution is -2.35. The van der Waals surface area contributed by atoms with Gasteiger partial charge in [0.15, 0.2) is 0 Å². The van der Waals surface area contributed by atoms with Gasteiger partial charge in [0.2, 0.25) is 5.95 Å². The fraction of sp³-hybridized carbons (Fsp3) is 0.273. The molecule has 0 spiro atoms. The van der Waals surface area contributed by atoms with E-state index in [4.69, 9.17) is 16.6 Å². The van der Waals surface area contributed by atoms with E-state index in [0.717, 1.165) is 40.8 Å². The van der Waals surface area contributed by atoms with Crippen LogP contribution in [0.4, 0.5) is 17.5 Å². The van der Waals surface area contributed by atoms with Crippen molar-refractivity contribution >= 4 is 29.1 Å². The Bertz CT molecular complexity index is 972. The Labute approximate surface area is 165 Å². The van der Waals surface area contributed by atoms with Gasteiger partial charge in [0.05, 0.1) is 6.04 Å². The van der Waals surface area contributed by atoms with Crippen LogP contribution in [0.25, 0.3) is 0 Å². The third-order valence-electron chi connectivity index (χ3n) is 5.34. The number of hydrogen-bond acceptors (Lipinski definition) is 4. The molecule has 4 rings (SSSR count). The molecule has 0 saturated carbocycles. The molecule has 0 amide bonds. The molecule has 1 aliphatic rings. The molecule has 3 aromatic rings. The molecule has 0 aliphatic carbocycles. The first-order valence-corrected chi connectivity index (χ1v) is 9.63. The molecule has 0 fully saturated rings. The van der Waals surface area contributed by atoms with Crippen LogP contribution in [0.1, 0.15) is 35.3 Å². The summed E-state index contributed by atoms with van der Waals surface area (Å²) in [6.45, 7) is 7.24. The summed E-state index contributed by atoms with van der Waals surface area (Å²) in [5, 5.41) is 4.19. The van der Waals surface area contributed by atoms with E-state index in [1.807, 2.05) is 49.4 Å². The predicted molar refractivity (Wildman–Crippen MR) is 112 cm³/mol. The van der Waals surface area contributed by atoms with Gasteiger partial charge in [-0.25, -0.2) is 4.98 Å². The number of anilines is 3. The van der Waals surface area contributed by atoms with Crippen molar-refractivity contribution in [3.8, 4) is 0 Å². The largest absolute Gasteiger partial charge is 0.349 e. The summed E-state index contributed by atoms with van der Waals surface area (Å²) in [5.41, 5.74) is 5.62. The van der Waals surface area contributed by atoms with Crippen molar-refractivity contribution in [2.45, 2.75) is 33.2 Å². The number of aromatic nitrogens is 2. The summed E-state index contributed by atoms with van der Waals surface area (Å²) in [6.07, 6.45) is 0.920. The van der Waals surface area contributed by atoms with Crippen LogP contribution in [0, 0.1) is 13.8 Å². The Kier molecular flexibility index (Phi) is 4.75. The number of benzene rings is 2. The molecule has 1 aromatic heterocycles. The first-order valence-electron chi connectivity index (χ1n) is 9.26. The van der Waals surface area contributed by atoms with E-state index < -0.39 is 0 Å². The van der Waals surface area contributed by atoms with Gasteiger partial charge in [-0.2, -0.15) is 4.98 Å². The van der Waals surface area contributed by atoms with Gasteiger partial charge in [0.1, 0.15) is 5.82 Å². The molecule has 1 aliphatic heterocycles. The van der Waals surface area contributed by atoms with Crippen molar-refractivity contribution in [1.82, 2.24) is 9.97 Å². The molecule has 27 heavy (non-hydrogen) atoms. The van der Waals surface area contributed by atoms with Gasteiger partial charge in [-0.3, -0.25) is 0 Å². The zero-order valence-electron chi connectivity index (χ0n) is 15.8. The monoisotopic (exact) mass is 378 g/mol. The third kappa shape index (κ3) is 3.37. The van der Waals surface area contributed by atoms with Crippen LogP contribution in [0.15, 0.2) is 48.5 Å². The van der Waals surface area contributed by atoms with Crippen molar-refractivity contribution in [3.05, 3.63) is 75.9 Å². The van der Waals surface area contributed by atoms with E-state index in [1.54, 1.807) is 0 Å². The summed E-state index contributed by atoms with van der Waals surface area (Å²) in [5.74, 6) is 1.61. The van der Waals surface area contributed by atoms with Gasteiger partial charge in [-0.05, 0) is 56.5 Å². The molecule has 138 valence electrons. The summed E-state index contributed by atoms with van der Waals surface area (Å²) in [6, 6.07) is 16.4. The second-order valence-electron chi connectivity index (χ2n) is 7.00. The first kappa shape index (κ1) is 17.8. The number of nitrogens with one attached hydrogen (secondary N) is 1. The lowest BCUT2D eigenvalue weighted by atomic mass is 9.93. The fourth-order valence-electron chi connectivity index (χ4n) is 3.71. The molecule has 2 aromatic carbocycles. The number of hydrogen-bond donors (Lipinski definition) is 1. The van der Waals surface area contributed by atoms with Crippen molar-refractivity contribution in [3.63, 3.8) is 0 Å².